The zero-order valence-electron chi connectivity index (χ0n) is 18.9. The maximum Gasteiger partial charge on any atom is 0.123 e. The summed E-state index contributed by atoms with van der Waals surface area (Å²) in [7, 11) is 0. The summed E-state index contributed by atoms with van der Waals surface area (Å²) in [6, 6.07) is 6.97. The molecule has 1 aromatic rings. The molecule has 3 heterocycles. The van der Waals surface area contributed by atoms with Gasteiger partial charge in [0.1, 0.15) is 5.82 Å². The van der Waals surface area contributed by atoms with Gasteiger partial charge in [0.25, 0.3) is 0 Å². The lowest BCUT2D eigenvalue weighted by Gasteiger charge is -2.43. The van der Waals surface area contributed by atoms with E-state index < -0.39 is 0 Å². The van der Waals surface area contributed by atoms with Crippen molar-refractivity contribution in [3.63, 3.8) is 0 Å². The van der Waals surface area contributed by atoms with Crippen LogP contribution in [-0.2, 0) is 0 Å². The molecule has 0 radical (unpaired) electrons. The largest absolute Gasteiger partial charge is 0.354 e. The molecule has 5 heteroatoms. The second-order valence-corrected chi connectivity index (χ2v) is 9.62. The van der Waals surface area contributed by atoms with Crippen molar-refractivity contribution in [3.8, 4) is 0 Å². The van der Waals surface area contributed by atoms with Gasteiger partial charge in [-0.3, -0.25) is 4.90 Å². The van der Waals surface area contributed by atoms with E-state index in [1.165, 1.54) is 36.1 Å². The van der Waals surface area contributed by atoms with Crippen molar-refractivity contribution < 1.29 is 0 Å². The molecule has 3 aliphatic rings. The Hall–Kier alpha value is -1.78. The fourth-order valence-electron chi connectivity index (χ4n) is 5.18. The molecule has 0 aliphatic carbocycles. The highest BCUT2D eigenvalue weighted by atomic mass is 35.5. The second kappa shape index (κ2) is 8.76. The molecule has 4 nitrogen and oxygen atoms in total. The highest BCUT2D eigenvalue weighted by Crippen LogP contribution is 2.39. The minimum absolute atomic E-state index is 0.460. The number of allylic oxidation sites excluding steroid dienone is 1. The molecular weight excluding hydrogens is 392 g/mol. The molecule has 2 saturated heterocycles. The summed E-state index contributed by atoms with van der Waals surface area (Å²) < 4.78 is 0. The Morgan fingerprint density at radius 1 is 1.27 bits per heavy atom. The summed E-state index contributed by atoms with van der Waals surface area (Å²) in [4.78, 5) is 5.07. The maximum atomic E-state index is 6.48. The number of hydrogen-bond donors (Lipinski definition) is 0. The maximum absolute atomic E-state index is 6.48. The van der Waals surface area contributed by atoms with Gasteiger partial charge < -0.3 is 4.90 Å². The van der Waals surface area contributed by atoms with E-state index in [1.807, 2.05) is 6.07 Å². The molecule has 4 rings (SSSR count). The molecular formula is C25H35ClN4. The van der Waals surface area contributed by atoms with Crippen LogP contribution >= 0.6 is 11.6 Å². The number of piperazine rings is 1. The van der Waals surface area contributed by atoms with Gasteiger partial charge in [-0.15, -0.1) is 0 Å². The molecule has 0 saturated carbocycles. The number of hydrogen-bond acceptors (Lipinski definition) is 4. The van der Waals surface area contributed by atoms with Crippen LogP contribution in [0.5, 0.6) is 0 Å². The fourth-order valence-corrected chi connectivity index (χ4v) is 5.35. The van der Waals surface area contributed by atoms with E-state index in [0.717, 1.165) is 54.7 Å². The third-order valence-corrected chi connectivity index (χ3v) is 7.25. The van der Waals surface area contributed by atoms with Crippen molar-refractivity contribution in [3.05, 3.63) is 52.3 Å². The Balaban J connectivity index is 1.71. The lowest BCUT2D eigenvalue weighted by atomic mass is 9.89. The number of nitrogens with zero attached hydrogens (tertiary/aromatic N) is 4. The number of halogens is 1. The van der Waals surface area contributed by atoms with Gasteiger partial charge in [0.05, 0.1) is 5.70 Å². The van der Waals surface area contributed by atoms with Crippen molar-refractivity contribution >= 4 is 23.0 Å². The molecule has 162 valence electrons. The lowest BCUT2D eigenvalue weighted by molar-refractivity contribution is 0.110. The van der Waals surface area contributed by atoms with E-state index >= 15 is 0 Å². The van der Waals surface area contributed by atoms with Gasteiger partial charge in [-0.05, 0) is 68.8 Å². The Bertz CT molecular complexity index is 887. The molecule has 2 fully saturated rings. The van der Waals surface area contributed by atoms with Gasteiger partial charge in [-0.1, -0.05) is 38.1 Å². The first-order chi connectivity index (χ1) is 14.4. The van der Waals surface area contributed by atoms with Crippen LogP contribution in [0.15, 0.2) is 41.3 Å². The van der Waals surface area contributed by atoms with Crippen molar-refractivity contribution in [1.82, 2.24) is 14.8 Å². The first kappa shape index (κ1) is 21.5. The molecule has 3 aliphatic heterocycles. The smallest absolute Gasteiger partial charge is 0.123 e. The topological polar surface area (TPSA) is 22.1 Å². The second-order valence-electron chi connectivity index (χ2n) is 9.19. The van der Waals surface area contributed by atoms with Gasteiger partial charge in [-0.2, -0.15) is 5.10 Å². The van der Waals surface area contributed by atoms with Gasteiger partial charge in [0, 0.05) is 48.4 Å². The number of rotatable bonds is 5. The van der Waals surface area contributed by atoms with Crippen LogP contribution in [0.2, 0.25) is 5.02 Å². The summed E-state index contributed by atoms with van der Waals surface area (Å²) in [5.41, 5.74) is 6.16. The Morgan fingerprint density at radius 3 is 2.83 bits per heavy atom. The van der Waals surface area contributed by atoms with E-state index in [4.69, 9.17) is 16.7 Å². The minimum atomic E-state index is 0.460. The van der Waals surface area contributed by atoms with Crippen LogP contribution in [0.25, 0.3) is 5.70 Å². The van der Waals surface area contributed by atoms with Crippen LogP contribution in [0, 0.1) is 0 Å². The Labute approximate surface area is 186 Å². The quantitative estimate of drug-likeness (QED) is 0.583. The van der Waals surface area contributed by atoms with Gasteiger partial charge in [0.2, 0.25) is 0 Å². The van der Waals surface area contributed by atoms with E-state index in [1.54, 1.807) is 0 Å². The Morgan fingerprint density at radius 2 is 2.07 bits per heavy atom. The van der Waals surface area contributed by atoms with Crippen LogP contribution in [0.1, 0.15) is 70.4 Å². The molecule has 30 heavy (non-hydrogen) atoms. The van der Waals surface area contributed by atoms with E-state index in [0.29, 0.717) is 12.0 Å². The zero-order chi connectivity index (χ0) is 21.4. The first-order valence-electron chi connectivity index (χ1n) is 11.4. The average Bonchev–Trinajstić information content (AvgIpc) is 3.20. The standard InChI is InChI=1S/C25H35ClN4/c1-6-17(2)23-10-9-21(26)15-24(23)25-18(3)14-19(4)27-30(25)20(5)29-13-12-28-11-7-8-22(28)16-29/h9-10,15,17,22H,5-8,11-14,16H2,1-4H3. The highest BCUT2D eigenvalue weighted by Gasteiger charge is 2.34. The number of hydrazone groups is 1. The normalized spacial score (nSPS) is 23.5. The predicted octanol–water partition coefficient (Wildman–Crippen LogP) is 5.92. The van der Waals surface area contributed by atoms with E-state index in [9.17, 15) is 0 Å². The first-order valence-corrected chi connectivity index (χ1v) is 11.8. The molecule has 0 spiro atoms. The molecule has 2 atom stereocenters. The molecule has 0 bridgehead atoms. The van der Waals surface area contributed by atoms with E-state index in [2.05, 4.69) is 61.2 Å². The van der Waals surface area contributed by atoms with Crippen LogP contribution in [-0.4, -0.2) is 52.7 Å². The third kappa shape index (κ3) is 4.04. The van der Waals surface area contributed by atoms with Crippen LogP contribution < -0.4 is 0 Å². The molecule has 2 unspecified atom stereocenters. The van der Waals surface area contributed by atoms with Gasteiger partial charge >= 0.3 is 0 Å². The highest BCUT2D eigenvalue weighted by molar-refractivity contribution is 6.30. The summed E-state index contributed by atoms with van der Waals surface area (Å²) >= 11 is 6.48. The predicted molar refractivity (Wildman–Crippen MR) is 128 cm³/mol. The molecule has 0 amide bonds. The van der Waals surface area contributed by atoms with Gasteiger partial charge in [-0.25, -0.2) is 5.01 Å². The fraction of sp³-hybridized carbons (Fsp3) is 0.560. The summed E-state index contributed by atoms with van der Waals surface area (Å²) in [6.07, 6.45) is 4.59. The van der Waals surface area contributed by atoms with Crippen molar-refractivity contribution in [1.29, 1.82) is 0 Å². The van der Waals surface area contributed by atoms with E-state index in [-0.39, 0.29) is 0 Å². The Kier molecular flexibility index (Phi) is 6.26. The average molecular weight is 427 g/mol. The molecule has 0 aromatic heterocycles. The zero-order valence-corrected chi connectivity index (χ0v) is 19.7. The van der Waals surface area contributed by atoms with Crippen LogP contribution in [0.3, 0.4) is 0 Å². The van der Waals surface area contributed by atoms with Gasteiger partial charge in [0.15, 0.2) is 0 Å². The number of fused-ring (bicyclic) bond motifs is 1. The molecule has 1 aromatic carbocycles. The lowest BCUT2D eigenvalue weighted by Crippen LogP contribution is -2.51. The third-order valence-electron chi connectivity index (χ3n) is 7.02. The monoisotopic (exact) mass is 426 g/mol. The summed E-state index contributed by atoms with van der Waals surface area (Å²) in [5, 5.41) is 7.88. The SMILES string of the molecule is C=C(N1CCN2CCCC2C1)N1N=C(C)CC(C)=C1c1cc(Cl)ccc1C(C)CC. The van der Waals surface area contributed by atoms with Crippen molar-refractivity contribution in [2.75, 3.05) is 26.2 Å². The minimum Gasteiger partial charge on any atom is -0.354 e. The molecule has 0 N–H and O–H groups in total. The van der Waals surface area contributed by atoms with Crippen LogP contribution in [0.4, 0.5) is 0 Å². The number of benzene rings is 1. The van der Waals surface area contributed by atoms with Crippen molar-refractivity contribution in [2.24, 2.45) is 5.10 Å². The van der Waals surface area contributed by atoms with Crippen molar-refractivity contribution in [2.45, 2.75) is 65.3 Å². The summed E-state index contributed by atoms with van der Waals surface area (Å²) in [6.45, 7) is 17.8. The summed E-state index contributed by atoms with van der Waals surface area (Å²) in [5.74, 6) is 1.45.